The van der Waals surface area contributed by atoms with Crippen LogP contribution in [0.4, 0.5) is 0 Å². The fraction of sp³-hybridized carbons (Fsp3) is 0.769. The Kier molecular flexibility index (Phi) is 1.95. The SMILES string of the molecule is CCOC1=NC23CC=CCC12CCCC3. The molecular formula is C13H19NO. The molecule has 1 saturated carbocycles. The Hall–Kier alpha value is -0.790. The molecule has 1 heterocycles. The molecule has 82 valence electrons. The van der Waals surface area contributed by atoms with E-state index in [1.165, 1.54) is 25.7 Å². The molecule has 2 heteroatoms. The molecule has 0 aromatic heterocycles. The number of rotatable bonds is 1. The molecule has 2 nitrogen and oxygen atoms in total. The van der Waals surface area contributed by atoms with Crippen LogP contribution >= 0.6 is 0 Å². The summed E-state index contributed by atoms with van der Waals surface area (Å²) >= 11 is 0. The van der Waals surface area contributed by atoms with Crippen molar-refractivity contribution in [1.29, 1.82) is 0 Å². The summed E-state index contributed by atoms with van der Waals surface area (Å²) in [5.41, 5.74) is 0.542. The molecule has 0 bridgehead atoms. The first-order chi connectivity index (χ1) is 7.33. The number of hydrogen-bond acceptors (Lipinski definition) is 2. The smallest absolute Gasteiger partial charge is 0.193 e. The second-order valence-electron chi connectivity index (χ2n) is 5.05. The van der Waals surface area contributed by atoms with Crippen LogP contribution in [0.1, 0.15) is 45.4 Å². The molecule has 0 saturated heterocycles. The van der Waals surface area contributed by atoms with Crippen LogP contribution in [-0.2, 0) is 4.74 Å². The van der Waals surface area contributed by atoms with Gasteiger partial charge in [-0.25, -0.2) is 4.99 Å². The average molecular weight is 205 g/mol. The van der Waals surface area contributed by atoms with Crippen molar-refractivity contribution in [2.24, 2.45) is 10.4 Å². The number of allylic oxidation sites excluding steroid dienone is 1. The molecule has 15 heavy (non-hydrogen) atoms. The monoisotopic (exact) mass is 205 g/mol. The Balaban J connectivity index is 1.97. The highest BCUT2D eigenvalue weighted by molar-refractivity contribution is 5.91. The van der Waals surface area contributed by atoms with Crippen molar-refractivity contribution in [2.75, 3.05) is 6.61 Å². The largest absolute Gasteiger partial charge is 0.481 e. The maximum Gasteiger partial charge on any atom is 0.193 e. The number of aliphatic imine (C=N–C) groups is 1. The van der Waals surface area contributed by atoms with Crippen LogP contribution in [0.25, 0.3) is 0 Å². The van der Waals surface area contributed by atoms with Gasteiger partial charge in [0.15, 0.2) is 5.90 Å². The number of hydrogen-bond donors (Lipinski definition) is 0. The van der Waals surface area contributed by atoms with Gasteiger partial charge in [0.05, 0.1) is 17.6 Å². The first-order valence-corrected chi connectivity index (χ1v) is 6.21. The third-order valence-electron chi connectivity index (χ3n) is 4.43. The minimum Gasteiger partial charge on any atom is -0.481 e. The van der Waals surface area contributed by atoms with Crippen molar-refractivity contribution in [1.82, 2.24) is 0 Å². The summed E-state index contributed by atoms with van der Waals surface area (Å²) < 4.78 is 5.72. The van der Waals surface area contributed by atoms with E-state index in [4.69, 9.17) is 9.73 Å². The summed E-state index contributed by atoms with van der Waals surface area (Å²) in [6.07, 6.45) is 12.2. The van der Waals surface area contributed by atoms with E-state index in [-0.39, 0.29) is 5.54 Å². The maximum atomic E-state index is 5.72. The lowest BCUT2D eigenvalue weighted by atomic mass is 9.52. The average Bonchev–Trinajstić information content (AvgIpc) is 2.25. The number of ether oxygens (including phenoxy) is 1. The van der Waals surface area contributed by atoms with Crippen molar-refractivity contribution in [2.45, 2.75) is 51.0 Å². The molecule has 0 N–H and O–H groups in total. The Morgan fingerprint density at radius 3 is 2.93 bits per heavy atom. The topological polar surface area (TPSA) is 21.6 Å². The van der Waals surface area contributed by atoms with Gasteiger partial charge in [0.25, 0.3) is 0 Å². The van der Waals surface area contributed by atoms with Crippen LogP contribution in [-0.4, -0.2) is 18.0 Å². The summed E-state index contributed by atoms with van der Waals surface area (Å²) in [6.45, 7) is 2.82. The second kappa shape index (κ2) is 3.10. The van der Waals surface area contributed by atoms with Gasteiger partial charge in [-0.15, -0.1) is 0 Å². The molecule has 0 spiro atoms. The molecule has 1 aliphatic heterocycles. The molecule has 2 aliphatic carbocycles. The summed E-state index contributed by atoms with van der Waals surface area (Å²) in [4.78, 5) is 4.82. The van der Waals surface area contributed by atoms with Crippen LogP contribution < -0.4 is 0 Å². The molecule has 0 amide bonds. The van der Waals surface area contributed by atoms with E-state index in [1.54, 1.807) is 0 Å². The predicted molar refractivity (Wildman–Crippen MR) is 61.1 cm³/mol. The van der Waals surface area contributed by atoms with Crippen LogP contribution in [0.3, 0.4) is 0 Å². The molecule has 2 atom stereocenters. The summed E-state index contributed by atoms with van der Waals surface area (Å²) in [6, 6.07) is 0. The fourth-order valence-corrected chi connectivity index (χ4v) is 3.63. The van der Waals surface area contributed by atoms with Crippen molar-refractivity contribution >= 4 is 5.90 Å². The van der Waals surface area contributed by atoms with Gasteiger partial charge in [0, 0.05) is 0 Å². The van der Waals surface area contributed by atoms with Gasteiger partial charge in [-0.1, -0.05) is 25.0 Å². The summed E-state index contributed by atoms with van der Waals surface area (Å²) in [5, 5.41) is 0. The Labute approximate surface area is 91.4 Å². The van der Waals surface area contributed by atoms with Crippen molar-refractivity contribution in [3.63, 3.8) is 0 Å². The van der Waals surface area contributed by atoms with Crippen molar-refractivity contribution in [3.8, 4) is 0 Å². The molecular weight excluding hydrogens is 186 g/mol. The van der Waals surface area contributed by atoms with Gasteiger partial charge >= 0.3 is 0 Å². The van der Waals surface area contributed by atoms with Crippen molar-refractivity contribution in [3.05, 3.63) is 12.2 Å². The summed E-state index contributed by atoms with van der Waals surface area (Å²) in [7, 11) is 0. The normalized spacial score (nSPS) is 42.3. The van der Waals surface area contributed by atoms with Gasteiger partial charge in [-0.3, -0.25) is 0 Å². The quantitative estimate of drug-likeness (QED) is 0.603. The van der Waals surface area contributed by atoms with E-state index < -0.39 is 0 Å². The van der Waals surface area contributed by atoms with Gasteiger partial charge in [-0.05, 0) is 32.6 Å². The van der Waals surface area contributed by atoms with E-state index in [0.717, 1.165) is 25.3 Å². The Morgan fingerprint density at radius 1 is 1.27 bits per heavy atom. The molecule has 0 radical (unpaired) electrons. The maximum absolute atomic E-state index is 5.72. The Bertz CT molecular complexity index is 333. The van der Waals surface area contributed by atoms with Gasteiger partial charge < -0.3 is 4.74 Å². The minimum atomic E-state index is 0.241. The van der Waals surface area contributed by atoms with Gasteiger partial charge in [0.2, 0.25) is 0 Å². The summed E-state index contributed by atoms with van der Waals surface area (Å²) in [5.74, 6) is 1.06. The highest BCUT2D eigenvalue weighted by atomic mass is 16.5. The number of nitrogens with zero attached hydrogens (tertiary/aromatic N) is 1. The van der Waals surface area contributed by atoms with Crippen LogP contribution in [0.5, 0.6) is 0 Å². The lowest BCUT2D eigenvalue weighted by Gasteiger charge is -2.59. The van der Waals surface area contributed by atoms with Crippen molar-refractivity contribution < 1.29 is 4.74 Å². The van der Waals surface area contributed by atoms with E-state index in [1.807, 2.05) is 0 Å². The van der Waals surface area contributed by atoms with E-state index in [0.29, 0.717) is 5.41 Å². The molecule has 2 unspecified atom stereocenters. The van der Waals surface area contributed by atoms with Crippen LogP contribution in [0.2, 0.25) is 0 Å². The van der Waals surface area contributed by atoms with Crippen LogP contribution in [0.15, 0.2) is 17.1 Å². The zero-order valence-electron chi connectivity index (χ0n) is 9.46. The first-order valence-electron chi connectivity index (χ1n) is 6.21. The van der Waals surface area contributed by atoms with Crippen LogP contribution in [0, 0.1) is 5.41 Å². The molecule has 1 fully saturated rings. The minimum absolute atomic E-state index is 0.241. The zero-order chi connectivity index (χ0) is 10.4. The lowest BCUT2D eigenvalue weighted by molar-refractivity contribution is 0.0516. The predicted octanol–water partition coefficient (Wildman–Crippen LogP) is 3.08. The van der Waals surface area contributed by atoms with Gasteiger partial charge in [0.1, 0.15) is 0 Å². The standard InChI is InChI=1S/C13H19NO/c1-2-15-11-12-7-3-5-9-13(12,14-11)10-6-4-8-12/h3,5H,2,4,6-10H2,1H3. The Morgan fingerprint density at radius 2 is 2.07 bits per heavy atom. The third-order valence-corrected chi connectivity index (χ3v) is 4.43. The zero-order valence-corrected chi connectivity index (χ0v) is 9.46. The molecule has 0 aromatic carbocycles. The van der Waals surface area contributed by atoms with E-state index in [2.05, 4.69) is 19.1 Å². The highest BCUT2D eigenvalue weighted by Crippen LogP contribution is 2.60. The van der Waals surface area contributed by atoms with Gasteiger partial charge in [-0.2, -0.15) is 0 Å². The first kappa shape index (κ1) is 9.44. The molecule has 3 rings (SSSR count). The second-order valence-corrected chi connectivity index (χ2v) is 5.05. The van der Waals surface area contributed by atoms with E-state index >= 15 is 0 Å². The third kappa shape index (κ3) is 1.03. The fourth-order valence-electron chi connectivity index (χ4n) is 3.63. The molecule has 3 aliphatic rings. The molecule has 0 aromatic rings. The lowest BCUT2D eigenvalue weighted by Crippen LogP contribution is -2.63. The van der Waals surface area contributed by atoms with E-state index in [9.17, 15) is 0 Å². The highest BCUT2D eigenvalue weighted by Gasteiger charge is 2.63.